The number of hydrogen-bond acceptors (Lipinski definition) is 2. The van der Waals surface area contributed by atoms with Crippen LogP contribution in [-0.2, 0) is 11.2 Å². The first-order chi connectivity index (χ1) is 9.56. The Kier molecular flexibility index (Phi) is 3.68. The van der Waals surface area contributed by atoms with Crippen LogP contribution in [0.15, 0.2) is 18.2 Å². The highest BCUT2D eigenvalue weighted by Crippen LogP contribution is 2.38. The number of benzene rings is 1. The Bertz CT molecular complexity index is 488. The van der Waals surface area contributed by atoms with E-state index in [-0.39, 0.29) is 0 Å². The Labute approximate surface area is 122 Å². The smallest absolute Gasteiger partial charge is 0.140 e. The number of aryl methyl sites for hydroxylation is 2. The van der Waals surface area contributed by atoms with Gasteiger partial charge in [-0.05, 0) is 63.3 Å². The van der Waals surface area contributed by atoms with E-state index in [2.05, 4.69) is 44.0 Å². The van der Waals surface area contributed by atoms with Gasteiger partial charge in [0.25, 0.3) is 0 Å². The molecular weight excluding hydrogens is 246 g/mol. The first kappa shape index (κ1) is 13.8. The fourth-order valence-electron chi connectivity index (χ4n) is 4.12. The van der Waals surface area contributed by atoms with Crippen molar-refractivity contribution in [2.75, 3.05) is 7.05 Å². The molecule has 2 saturated heterocycles. The fourth-order valence-corrected chi connectivity index (χ4v) is 4.12. The molecule has 3 rings (SSSR count). The number of nitrogens with zero attached hydrogens (tertiary/aromatic N) is 1. The molecule has 2 nitrogen and oxygen atoms in total. The number of carbonyl (C=O) groups excluding carboxylic acids is 1. The summed E-state index contributed by atoms with van der Waals surface area (Å²) >= 11 is 0. The lowest BCUT2D eigenvalue weighted by molar-refractivity contribution is -0.124. The molecule has 0 amide bonds. The van der Waals surface area contributed by atoms with Crippen LogP contribution in [0.1, 0.15) is 42.4 Å². The van der Waals surface area contributed by atoms with E-state index in [1.54, 1.807) is 0 Å². The predicted octanol–water partition coefficient (Wildman–Crippen LogP) is 3.29. The zero-order valence-electron chi connectivity index (χ0n) is 12.9. The van der Waals surface area contributed by atoms with Gasteiger partial charge in [-0.3, -0.25) is 4.79 Å². The summed E-state index contributed by atoms with van der Waals surface area (Å²) in [5, 5.41) is 0. The number of rotatable bonds is 3. The van der Waals surface area contributed by atoms with Crippen molar-refractivity contribution in [2.45, 2.75) is 58.0 Å². The van der Waals surface area contributed by atoms with E-state index < -0.39 is 0 Å². The zero-order valence-corrected chi connectivity index (χ0v) is 12.9. The molecule has 2 atom stereocenters. The van der Waals surface area contributed by atoms with Gasteiger partial charge in [0.15, 0.2) is 0 Å². The molecule has 0 spiro atoms. The van der Waals surface area contributed by atoms with E-state index in [0.717, 1.165) is 12.8 Å². The molecule has 2 unspecified atom stereocenters. The average molecular weight is 271 g/mol. The molecule has 20 heavy (non-hydrogen) atoms. The largest absolute Gasteiger partial charge is 0.300 e. The van der Waals surface area contributed by atoms with Crippen LogP contribution < -0.4 is 0 Å². The Morgan fingerprint density at radius 1 is 1.15 bits per heavy atom. The zero-order chi connectivity index (χ0) is 14.3. The van der Waals surface area contributed by atoms with E-state index >= 15 is 0 Å². The van der Waals surface area contributed by atoms with Gasteiger partial charge in [-0.25, -0.2) is 0 Å². The van der Waals surface area contributed by atoms with Gasteiger partial charge in [0.2, 0.25) is 0 Å². The lowest BCUT2D eigenvalue weighted by atomic mass is 9.84. The third-order valence-electron chi connectivity index (χ3n) is 5.55. The molecule has 0 N–H and O–H groups in total. The van der Waals surface area contributed by atoms with Crippen LogP contribution in [0.3, 0.4) is 0 Å². The van der Waals surface area contributed by atoms with Crippen molar-refractivity contribution < 1.29 is 4.79 Å². The van der Waals surface area contributed by atoms with Crippen LogP contribution in [0.4, 0.5) is 0 Å². The normalized spacial score (nSPS) is 29.6. The summed E-state index contributed by atoms with van der Waals surface area (Å²) in [6.07, 6.45) is 5.36. The van der Waals surface area contributed by atoms with Gasteiger partial charge in [0, 0.05) is 24.4 Å². The number of ketones is 1. The highest BCUT2D eigenvalue weighted by molar-refractivity contribution is 5.84. The fraction of sp³-hybridized carbons (Fsp3) is 0.611. The lowest BCUT2D eigenvalue weighted by Crippen LogP contribution is -2.42. The standard InChI is InChI=1S/C18H25NO/c1-12-5-4-6-13(2)17(12)11-18(20)14-9-15-7-8-16(10-14)19(15)3/h4-6,14-16H,7-11H2,1-3H3. The molecule has 0 radical (unpaired) electrons. The first-order valence-electron chi connectivity index (χ1n) is 7.86. The van der Waals surface area contributed by atoms with Gasteiger partial charge < -0.3 is 4.90 Å². The van der Waals surface area contributed by atoms with Crippen molar-refractivity contribution in [1.29, 1.82) is 0 Å². The highest BCUT2D eigenvalue weighted by Gasteiger charge is 2.40. The Balaban J connectivity index is 1.71. The molecule has 0 aromatic heterocycles. The molecule has 2 aliphatic rings. The van der Waals surface area contributed by atoms with Gasteiger partial charge in [-0.15, -0.1) is 0 Å². The van der Waals surface area contributed by atoms with Crippen LogP contribution in [-0.4, -0.2) is 29.8 Å². The summed E-state index contributed by atoms with van der Waals surface area (Å²) in [6.45, 7) is 4.24. The second kappa shape index (κ2) is 5.33. The van der Waals surface area contributed by atoms with E-state index in [4.69, 9.17) is 0 Å². The molecule has 2 heteroatoms. The van der Waals surface area contributed by atoms with Crippen molar-refractivity contribution in [3.8, 4) is 0 Å². The van der Waals surface area contributed by atoms with Crippen molar-refractivity contribution in [3.63, 3.8) is 0 Å². The molecule has 0 aliphatic carbocycles. The molecule has 2 bridgehead atoms. The topological polar surface area (TPSA) is 20.3 Å². The van der Waals surface area contributed by atoms with Crippen molar-refractivity contribution >= 4 is 5.78 Å². The number of piperidine rings is 1. The number of fused-ring (bicyclic) bond motifs is 2. The molecule has 2 fully saturated rings. The van der Waals surface area contributed by atoms with Gasteiger partial charge >= 0.3 is 0 Å². The van der Waals surface area contributed by atoms with Crippen LogP contribution in [0, 0.1) is 19.8 Å². The maximum Gasteiger partial charge on any atom is 0.140 e. The summed E-state index contributed by atoms with van der Waals surface area (Å²) < 4.78 is 0. The quantitative estimate of drug-likeness (QED) is 0.841. The average Bonchev–Trinajstić information content (AvgIpc) is 2.65. The predicted molar refractivity (Wildman–Crippen MR) is 81.9 cm³/mol. The van der Waals surface area contributed by atoms with Crippen LogP contribution in [0.2, 0.25) is 0 Å². The van der Waals surface area contributed by atoms with Gasteiger partial charge in [-0.1, -0.05) is 18.2 Å². The van der Waals surface area contributed by atoms with Crippen LogP contribution in [0.25, 0.3) is 0 Å². The molecule has 1 aromatic carbocycles. The molecular formula is C18H25NO. The number of carbonyl (C=O) groups is 1. The monoisotopic (exact) mass is 271 g/mol. The Hall–Kier alpha value is -1.15. The second-order valence-electron chi connectivity index (χ2n) is 6.73. The number of hydrogen-bond donors (Lipinski definition) is 0. The van der Waals surface area contributed by atoms with Gasteiger partial charge in [0.05, 0.1) is 0 Å². The van der Waals surface area contributed by atoms with E-state index in [0.29, 0.717) is 30.2 Å². The van der Waals surface area contributed by atoms with Crippen molar-refractivity contribution in [3.05, 3.63) is 34.9 Å². The van der Waals surface area contributed by atoms with Crippen molar-refractivity contribution in [1.82, 2.24) is 4.90 Å². The summed E-state index contributed by atoms with van der Waals surface area (Å²) in [4.78, 5) is 15.2. The minimum atomic E-state index is 0.294. The summed E-state index contributed by atoms with van der Waals surface area (Å²) in [6, 6.07) is 7.62. The van der Waals surface area contributed by atoms with Gasteiger partial charge in [-0.2, -0.15) is 0 Å². The minimum absolute atomic E-state index is 0.294. The molecule has 2 aliphatic heterocycles. The highest BCUT2D eigenvalue weighted by atomic mass is 16.1. The summed E-state index contributed by atoms with van der Waals surface area (Å²) in [7, 11) is 2.23. The van der Waals surface area contributed by atoms with Crippen LogP contribution >= 0.6 is 0 Å². The van der Waals surface area contributed by atoms with Gasteiger partial charge in [0.1, 0.15) is 5.78 Å². The maximum atomic E-state index is 12.7. The third-order valence-corrected chi connectivity index (χ3v) is 5.55. The lowest BCUT2D eigenvalue weighted by Gasteiger charge is -2.35. The Morgan fingerprint density at radius 2 is 1.70 bits per heavy atom. The molecule has 1 aromatic rings. The van der Waals surface area contributed by atoms with Crippen molar-refractivity contribution in [2.24, 2.45) is 5.92 Å². The van der Waals surface area contributed by atoms with E-state index in [9.17, 15) is 4.79 Å². The summed E-state index contributed by atoms with van der Waals surface area (Å²) in [5.74, 6) is 0.759. The Morgan fingerprint density at radius 3 is 2.25 bits per heavy atom. The SMILES string of the molecule is Cc1cccc(C)c1CC(=O)C1CC2CCC(C1)N2C. The molecule has 0 saturated carbocycles. The first-order valence-corrected chi connectivity index (χ1v) is 7.86. The summed E-state index contributed by atoms with van der Waals surface area (Å²) in [5.41, 5.74) is 3.77. The van der Waals surface area contributed by atoms with Crippen LogP contribution in [0.5, 0.6) is 0 Å². The molecule has 108 valence electrons. The maximum absolute atomic E-state index is 12.7. The molecule has 2 heterocycles. The number of Topliss-reactive ketones (excluding diaryl/α,β-unsaturated/α-hetero) is 1. The van der Waals surface area contributed by atoms with E-state index in [1.807, 2.05) is 0 Å². The van der Waals surface area contributed by atoms with E-state index in [1.165, 1.54) is 29.5 Å². The minimum Gasteiger partial charge on any atom is -0.300 e. The second-order valence-corrected chi connectivity index (χ2v) is 6.73. The third kappa shape index (κ3) is 2.42.